The number of nitrogens with two attached hydrogens (primary N) is 1. The normalized spacial score (nSPS) is 36.2. The first kappa shape index (κ1) is 12.0. The summed E-state index contributed by atoms with van der Waals surface area (Å²) in [4.78, 5) is 0. The van der Waals surface area contributed by atoms with Gasteiger partial charge in [-0.2, -0.15) is 0 Å². The monoisotopic (exact) mass is 201 g/mol. The van der Waals surface area contributed by atoms with Crippen molar-refractivity contribution < 1.29 is 10.2 Å². The van der Waals surface area contributed by atoms with Gasteiger partial charge in [-0.3, -0.25) is 0 Å². The number of aliphatic hydroxyl groups excluding tert-OH is 2. The molecule has 0 spiro atoms. The highest BCUT2D eigenvalue weighted by Crippen LogP contribution is 2.49. The Morgan fingerprint density at radius 3 is 2.57 bits per heavy atom. The molecule has 0 aromatic carbocycles. The van der Waals surface area contributed by atoms with Gasteiger partial charge in [0.05, 0.1) is 0 Å². The molecule has 3 heteroatoms. The van der Waals surface area contributed by atoms with Gasteiger partial charge < -0.3 is 15.9 Å². The lowest BCUT2D eigenvalue weighted by atomic mass is 9.59. The predicted molar refractivity (Wildman–Crippen MR) is 56.5 cm³/mol. The number of aliphatic hydroxyl groups is 2. The van der Waals surface area contributed by atoms with Crippen molar-refractivity contribution in [2.24, 2.45) is 23.0 Å². The van der Waals surface area contributed by atoms with Crippen LogP contribution in [0.3, 0.4) is 0 Å². The lowest BCUT2D eigenvalue weighted by Gasteiger charge is -2.47. The van der Waals surface area contributed by atoms with E-state index < -0.39 is 6.23 Å². The van der Waals surface area contributed by atoms with Gasteiger partial charge in [-0.15, -0.1) is 0 Å². The minimum atomic E-state index is -0.703. The van der Waals surface area contributed by atoms with Gasteiger partial charge in [0, 0.05) is 6.61 Å². The van der Waals surface area contributed by atoms with Gasteiger partial charge >= 0.3 is 0 Å². The van der Waals surface area contributed by atoms with E-state index in [9.17, 15) is 0 Å². The maximum atomic E-state index is 9.16. The zero-order chi connectivity index (χ0) is 10.8. The van der Waals surface area contributed by atoms with Gasteiger partial charge in [-0.1, -0.05) is 13.8 Å². The van der Waals surface area contributed by atoms with Crippen LogP contribution in [-0.4, -0.2) is 23.0 Å². The summed E-state index contributed by atoms with van der Waals surface area (Å²) < 4.78 is 0. The highest BCUT2D eigenvalue weighted by atomic mass is 16.3. The lowest BCUT2D eigenvalue weighted by Crippen LogP contribution is -2.40. The summed E-state index contributed by atoms with van der Waals surface area (Å²) in [5, 5.41) is 18.3. The fourth-order valence-corrected chi connectivity index (χ4v) is 2.21. The number of hydrogen-bond acceptors (Lipinski definition) is 3. The molecule has 0 bridgehead atoms. The van der Waals surface area contributed by atoms with E-state index in [4.69, 9.17) is 15.9 Å². The Bertz CT molecular complexity index is 182. The second kappa shape index (κ2) is 4.60. The van der Waals surface area contributed by atoms with Crippen molar-refractivity contribution in [2.75, 3.05) is 6.61 Å². The van der Waals surface area contributed by atoms with Crippen LogP contribution in [-0.2, 0) is 0 Å². The van der Waals surface area contributed by atoms with Crippen LogP contribution in [0.4, 0.5) is 0 Å². The SMILES string of the molecule is CC(CCC1(C)CCC1CO)C(N)O. The Morgan fingerprint density at radius 1 is 1.57 bits per heavy atom. The van der Waals surface area contributed by atoms with Crippen molar-refractivity contribution in [3.8, 4) is 0 Å². The van der Waals surface area contributed by atoms with E-state index >= 15 is 0 Å². The topological polar surface area (TPSA) is 66.5 Å². The summed E-state index contributed by atoms with van der Waals surface area (Å²) in [5.41, 5.74) is 5.69. The first-order valence-corrected chi connectivity index (χ1v) is 5.54. The maximum Gasteiger partial charge on any atom is 0.104 e. The van der Waals surface area contributed by atoms with E-state index in [1.54, 1.807) is 0 Å². The van der Waals surface area contributed by atoms with E-state index in [1.165, 1.54) is 6.42 Å². The summed E-state index contributed by atoms with van der Waals surface area (Å²) in [6.45, 7) is 4.50. The molecule has 1 aliphatic rings. The molecular weight excluding hydrogens is 178 g/mol. The smallest absolute Gasteiger partial charge is 0.104 e. The van der Waals surface area contributed by atoms with E-state index in [2.05, 4.69) is 6.92 Å². The van der Waals surface area contributed by atoms with Gasteiger partial charge in [-0.05, 0) is 42.9 Å². The number of hydrogen-bond donors (Lipinski definition) is 3. The van der Waals surface area contributed by atoms with Gasteiger partial charge in [-0.25, -0.2) is 0 Å². The second-order valence-electron chi connectivity index (χ2n) is 5.08. The fraction of sp³-hybridized carbons (Fsp3) is 1.00. The molecule has 0 aromatic heterocycles. The van der Waals surface area contributed by atoms with Crippen molar-refractivity contribution in [1.82, 2.24) is 0 Å². The van der Waals surface area contributed by atoms with Crippen LogP contribution in [0, 0.1) is 17.3 Å². The quantitative estimate of drug-likeness (QED) is 0.583. The molecule has 1 rings (SSSR count). The van der Waals surface area contributed by atoms with Crippen LogP contribution >= 0.6 is 0 Å². The average molecular weight is 201 g/mol. The molecule has 0 aromatic rings. The Morgan fingerprint density at radius 2 is 2.21 bits per heavy atom. The molecule has 0 saturated heterocycles. The first-order valence-electron chi connectivity index (χ1n) is 5.54. The summed E-state index contributed by atoms with van der Waals surface area (Å²) in [7, 11) is 0. The van der Waals surface area contributed by atoms with Crippen LogP contribution in [0.5, 0.6) is 0 Å². The van der Waals surface area contributed by atoms with Gasteiger partial charge in [0.1, 0.15) is 6.23 Å². The Balaban J connectivity index is 2.30. The van der Waals surface area contributed by atoms with Crippen molar-refractivity contribution in [1.29, 1.82) is 0 Å². The third-order valence-electron chi connectivity index (χ3n) is 4.02. The molecule has 4 atom stereocenters. The Labute approximate surface area is 86.3 Å². The minimum Gasteiger partial charge on any atom is -0.396 e. The lowest BCUT2D eigenvalue weighted by molar-refractivity contribution is -0.0120. The molecule has 4 N–H and O–H groups in total. The molecule has 0 amide bonds. The Hall–Kier alpha value is -0.120. The van der Waals surface area contributed by atoms with Gasteiger partial charge in [0.15, 0.2) is 0 Å². The maximum absolute atomic E-state index is 9.16. The van der Waals surface area contributed by atoms with Crippen LogP contribution in [0.2, 0.25) is 0 Å². The second-order valence-corrected chi connectivity index (χ2v) is 5.08. The summed E-state index contributed by atoms with van der Waals surface area (Å²) in [6, 6.07) is 0. The third-order valence-corrected chi connectivity index (χ3v) is 4.02. The third kappa shape index (κ3) is 2.47. The molecule has 0 heterocycles. The number of rotatable bonds is 5. The largest absolute Gasteiger partial charge is 0.396 e. The molecular formula is C11H23NO2. The molecule has 0 radical (unpaired) electrons. The van der Waals surface area contributed by atoms with Crippen LogP contribution in [0.1, 0.15) is 39.5 Å². The summed E-state index contributed by atoms with van der Waals surface area (Å²) in [6.07, 6.45) is 3.66. The van der Waals surface area contributed by atoms with Crippen LogP contribution in [0.25, 0.3) is 0 Å². The van der Waals surface area contributed by atoms with E-state index in [-0.39, 0.29) is 11.3 Å². The van der Waals surface area contributed by atoms with Crippen molar-refractivity contribution in [3.63, 3.8) is 0 Å². The fourth-order valence-electron chi connectivity index (χ4n) is 2.21. The van der Waals surface area contributed by atoms with Crippen LogP contribution < -0.4 is 5.73 Å². The van der Waals surface area contributed by atoms with Gasteiger partial charge in [0.2, 0.25) is 0 Å². The highest BCUT2D eigenvalue weighted by Gasteiger charge is 2.41. The summed E-state index contributed by atoms with van der Waals surface area (Å²) in [5.74, 6) is 0.622. The van der Waals surface area contributed by atoms with Gasteiger partial charge in [0.25, 0.3) is 0 Å². The van der Waals surface area contributed by atoms with Crippen molar-refractivity contribution >= 4 is 0 Å². The van der Waals surface area contributed by atoms with E-state index in [0.717, 1.165) is 19.3 Å². The van der Waals surface area contributed by atoms with Crippen LogP contribution in [0.15, 0.2) is 0 Å². The van der Waals surface area contributed by atoms with E-state index in [1.807, 2.05) is 6.92 Å². The molecule has 14 heavy (non-hydrogen) atoms. The predicted octanol–water partition coefficient (Wildman–Crippen LogP) is 1.09. The standard InChI is InChI=1S/C11H23NO2/c1-8(10(12)14)3-5-11(2)6-4-9(11)7-13/h8-10,13-14H,3-7,12H2,1-2H3. The Kier molecular flexibility index (Phi) is 3.93. The van der Waals surface area contributed by atoms with Crippen molar-refractivity contribution in [3.05, 3.63) is 0 Å². The summed E-state index contributed by atoms with van der Waals surface area (Å²) >= 11 is 0. The molecule has 84 valence electrons. The highest BCUT2D eigenvalue weighted by molar-refractivity contribution is 4.91. The molecule has 4 unspecified atom stereocenters. The zero-order valence-corrected chi connectivity index (χ0v) is 9.24. The molecule has 1 fully saturated rings. The minimum absolute atomic E-state index is 0.159. The molecule has 1 aliphatic carbocycles. The van der Waals surface area contributed by atoms with Crippen molar-refractivity contribution in [2.45, 2.75) is 45.8 Å². The molecule has 1 saturated carbocycles. The molecule has 3 nitrogen and oxygen atoms in total. The average Bonchev–Trinajstić information content (AvgIpc) is 2.12. The first-order chi connectivity index (χ1) is 6.49. The molecule has 0 aliphatic heterocycles. The van der Waals surface area contributed by atoms with E-state index in [0.29, 0.717) is 12.5 Å². The zero-order valence-electron chi connectivity index (χ0n) is 9.24.